The molecule has 0 unspecified atom stereocenters. The van der Waals surface area contributed by atoms with Crippen molar-refractivity contribution in [3.8, 4) is 11.5 Å². The molecule has 28 heavy (non-hydrogen) atoms. The van der Waals surface area contributed by atoms with E-state index in [-0.39, 0.29) is 11.9 Å². The standard InChI is InChI=1S/C21H28N2O4S/c1-5-9-16(2)22-21(24)17(3)23(28(4,25)26)18-12-14-20(15-13-18)27-19-10-7-6-8-11-19/h6-8,10-17H,5,9H2,1-4H3,(H,22,24)/t16-,17-/m1/s1. The molecule has 0 radical (unpaired) electrons. The van der Waals surface area contributed by atoms with Gasteiger partial charge in [0.05, 0.1) is 11.9 Å². The van der Waals surface area contributed by atoms with Crippen molar-refractivity contribution >= 4 is 21.6 Å². The lowest BCUT2D eigenvalue weighted by Crippen LogP contribution is -2.49. The minimum absolute atomic E-state index is 0.0111. The molecule has 1 amide bonds. The molecule has 0 aliphatic carbocycles. The number of carbonyl (C=O) groups excluding carboxylic acids is 1. The molecule has 2 atom stereocenters. The van der Waals surface area contributed by atoms with Gasteiger partial charge in [-0.2, -0.15) is 0 Å². The summed E-state index contributed by atoms with van der Waals surface area (Å²) in [6.45, 7) is 5.53. The lowest BCUT2D eigenvalue weighted by molar-refractivity contribution is -0.122. The third kappa shape index (κ3) is 5.99. The molecule has 7 heteroatoms. The summed E-state index contributed by atoms with van der Waals surface area (Å²) in [7, 11) is -3.65. The summed E-state index contributed by atoms with van der Waals surface area (Å²) >= 11 is 0. The molecule has 1 N–H and O–H groups in total. The van der Waals surface area contributed by atoms with Crippen molar-refractivity contribution in [2.75, 3.05) is 10.6 Å². The maximum Gasteiger partial charge on any atom is 0.243 e. The Morgan fingerprint density at radius 3 is 2.14 bits per heavy atom. The molecule has 0 bridgehead atoms. The van der Waals surface area contributed by atoms with Crippen LogP contribution < -0.4 is 14.4 Å². The minimum atomic E-state index is -3.65. The van der Waals surface area contributed by atoms with Gasteiger partial charge in [-0.1, -0.05) is 31.5 Å². The van der Waals surface area contributed by atoms with E-state index in [1.54, 1.807) is 31.2 Å². The average molecular weight is 405 g/mol. The maximum atomic E-state index is 12.6. The molecule has 2 aromatic carbocycles. The lowest BCUT2D eigenvalue weighted by Gasteiger charge is -2.29. The number of hydrogen-bond acceptors (Lipinski definition) is 4. The van der Waals surface area contributed by atoms with Crippen molar-refractivity contribution in [3.63, 3.8) is 0 Å². The van der Waals surface area contributed by atoms with Crippen LogP contribution in [0.1, 0.15) is 33.6 Å². The van der Waals surface area contributed by atoms with Gasteiger partial charge in [0.2, 0.25) is 15.9 Å². The number of benzene rings is 2. The zero-order chi connectivity index (χ0) is 20.7. The van der Waals surface area contributed by atoms with E-state index in [1.807, 2.05) is 44.2 Å². The summed E-state index contributed by atoms with van der Waals surface area (Å²) in [6.07, 6.45) is 2.87. The summed E-state index contributed by atoms with van der Waals surface area (Å²) in [5.41, 5.74) is 0.411. The molecule has 0 fully saturated rings. The first kappa shape index (κ1) is 21.8. The van der Waals surface area contributed by atoms with E-state index in [2.05, 4.69) is 5.32 Å². The van der Waals surface area contributed by atoms with Gasteiger partial charge in [-0.15, -0.1) is 0 Å². The molecule has 2 rings (SSSR count). The first-order valence-corrected chi connectivity index (χ1v) is 11.2. The van der Waals surface area contributed by atoms with E-state index < -0.39 is 16.1 Å². The van der Waals surface area contributed by atoms with E-state index in [0.717, 1.165) is 23.4 Å². The fourth-order valence-electron chi connectivity index (χ4n) is 2.96. The van der Waals surface area contributed by atoms with Crippen LogP contribution >= 0.6 is 0 Å². The van der Waals surface area contributed by atoms with Gasteiger partial charge < -0.3 is 10.1 Å². The Morgan fingerprint density at radius 2 is 1.61 bits per heavy atom. The number of para-hydroxylation sites is 1. The number of hydrogen-bond donors (Lipinski definition) is 1. The number of amides is 1. The van der Waals surface area contributed by atoms with E-state index in [4.69, 9.17) is 4.74 Å². The van der Waals surface area contributed by atoms with Gasteiger partial charge in [0.15, 0.2) is 0 Å². The number of rotatable bonds is 9. The molecule has 0 aliphatic heterocycles. The Hall–Kier alpha value is -2.54. The van der Waals surface area contributed by atoms with Gasteiger partial charge in [0, 0.05) is 6.04 Å². The molecule has 2 aromatic rings. The molecule has 6 nitrogen and oxygen atoms in total. The molecular weight excluding hydrogens is 376 g/mol. The Kier molecular flexibility index (Phi) is 7.45. The van der Waals surface area contributed by atoms with E-state index in [9.17, 15) is 13.2 Å². The van der Waals surface area contributed by atoms with E-state index in [0.29, 0.717) is 17.2 Å². The highest BCUT2D eigenvalue weighted by molar-refractivity contribution is 7.92. The van der Waals surface area contributed by atoms with Crippen LogP contribution in [0.5, 0.6) is 11.5 Å². The third-order valence-corrected chi connectivity index (χ3v) is 5.51. The van der Waals surface area contributed by atoms with Gasteiger partial charge in [0.1, 0.15) is 17.5 Å². The van der Waals surface area contributed by atoms with Gasteiger partial charge in [0.25, 0.3) is 0 Å². The topological polar surface area (TPSA) is 75.7 Å². The van der Waals surface area contributed by atoms with Crippen LogP contribution in [0.15, 0.2) is 54.6 Å². The van der Waals surface area contributed by atoms with Crippen LogP contribution in [0.25, 0.3) is 0 Å². The molecule has 0 aromatic heterocycles. The van der Waals surface area contributed by atoms with E-state index in [1.165, 1.54) is 0 Å². The fraction of sp³-hybridized carbons (Fsp3) is 0.381. The van der Waals surface area contributed by atoms with Crippen molar-refractivity contribution < 1.29 is 17.9 Å². The predicted octanol–water partition coefficient (Wildman–Crippen LogP) is 3.94. The first-order valence-electron chi connectivity index (χ1n) is 9.35. The molecule has 0 saturated carbocycles. The highest BCUT2D eigenvalue weighted by Gasteiger charge is 2.29. The normalized spacial score (nSPS) is 13.4. The maximum absolute atomic E-state index is 12.6. The lowest BCUT2D eigenvalue weighted by atomic mass is 10.2. The number of nitrogens with zero attached hydrogens (tertiary/aromatic N) is 1. The van der Waals surface area contributed by atoms with Crippen molar-refractivity contribution in [1.29, 1.82) is 0 Å². The largest absolute Gasteiger partial charge is 0.457 e. The molecule has 0 heterocycles. The smallest absolute Gasteiger partial charge is 0.243 e. The van der Waals surface area contributed by atoms with Crippen LogP contribution in [0.4, 0.5) is 5.69 Å². The predicted molar refractivity (Wildman–Crippen MR) is 112 cm³/mol. The molecular formula is C21H28N2O4S. The van der Waals surface area contributed by atoms with Gasteiger partial charge >= 0.3 is 0 Å². The van der Waals surface area contributed by atoms with Crippen molar-refractivity contribution in [1.82, 2.24) is 5.32 Å². The second-order valence-corrected chi connectivity index (χ2v) is 8.70. The van der Waals surface area contributed by atoms with E-state index >= 15 is 0 Å². The zero-order valence-corrected chi connectivity index (χ0v) is 17.6. The fourth-order valence-corrected chi connectivity index (χ4v) is 4.14. The monoisotopic (exact) mass is 404 g/mol. The highest BCUT2D eigenvalue weighted by atomic mass is 32.2. The SMILES string of the molecule is CCC[C@@H](C)NC(=O)[C@@H](C)N(c1ccc(Oc2ccccc2)cc1)S(C)(=O)=O. The minimum Gasteiger partial charge on any atom is -0.457 e. The van der Waals surface area contributed by atoms with Crippen molar-refractivity contribution in [3.05, 3.63) is 54.6 Å². The van der Waals surface area contributed by atoms with Crippen LogP contribution in [0, 0.1) is 0 Å². The zero-order valence-electron chi connectivity index (χ0n) is 16.8. The molecule has 0 saturated heterocycles. The number of anilines is 1. The number of sulfonamides is 1. The number of ether oxygens (including phenoxy) is 1. The van der Waals surface area contributed by atoms with Crippen LogP contribution in [0.3, 0.4) is 0 Å². The van der Waals surface area contributed by atoms with Crippen LogP contribution in [-0.2, 0) is 14.8 Å². The summed E-state index contributed by atoms with van der Waals surface area (Å²) in [5.74, 6) is 0.945. The van der Waals surface area contributed by atoms with Gasteiger partial charge in [-0.3, -0.25) is 9.10 Å². The molecule has 152 valence electrons. The Balaban J connectivity index is 2.20. The number of carbonyl (C=O) groups is 1. The molecule has 0 spiro atoms. The summed E-state index contributed by atoms with van der Waals surface area (Å²) in [4.78, 5) is 12.6. The van der Waals surface area contributed by atoms with Crippen LogP contribution in [0.2, 0.25) is 0 Å². The number of nitrogens with one attached hydrogen (secondary N) is 1. The van der Waals surface area contributed by atoms with Gasteiger partial charge in [-0.05, 0) is 56.7 Å². The van der Waals surface area contributed by atoms with Crippen molar-refractivity contribution in [2.24, 2.45) is 0 Å². The third-order valence-electron chi connectivity index (χ3n) is 4.27. The highest BCUT2D eigenvalue weighted by Crippen LogP contribution is 2.27. The average Bonchev–Trinajstić information content (AvgIpc) is 2.63. The second kappa shape index (κ2) is 9.59. The second-order valence-electron chi connectivity index (χ2n) is 6.84. The van der Waals surface area contributed by atoms with Crippen molar-refractivity contribution in [2.45, 2.75) is 45.7 Å². The first-order chi connectivity index (χ1) is 13.2. The summed E-state index contributed by atoms with van der Waals surface area (Å²) < 4.78 is 31.6. The van der Waals surface area contributed by atoms with Gasteiger partial charge in [-0.25, -0.2) is 8.42 Å². The Bertz CT molecular complexity index is 867. The van der Waals surface area contributed by atoms with Crippen LogP contribution in [-0.4, -0.2) is 32.7 Å². The quantitative estimate of drug-likeness (QED) is 0.687. The Labute approximate surface area is 167 Å². The summed E-state index contributed by atoms with van der Waals surface area (Å²) in [5, 5.41) is 2.88. The molecule has 0 aliphatic rings. The Morgan fingerprint density at radius 1 is 1.04 bits per heavy atom. The summed E-state index contributed by atoms with van der Waals surface area (Å²) in [6, 6.07) is 15.1.